The number of aryl methyl sites for hydroxylation is 1. The van der Waals surface area contributed by atoms with Gasteiger partial charge in [-0.25, -0.2) is 0 Å². The average Bonchev–Trinajstić information content (AvgIpc) is 2.40. The summed E-state index contributed by atoms with van der Waals surface area (Å²) in [4.78, 5) is 0. The summed E-state index contributed by atoms with van der Waals surface area (Å²) in [6.07, 6.45) is 0.928. The number of methoxy groups -OCH3 is 1. The average molecular weight is 286 g/mol. The molecule has 0 fully saturated rings. The number of rotatable bonds is 9. The molecular formula is C15H24ClNO2. The molecule has 0 heterocycles. The van der Waals surface area contributed by atoms with E-state index in [9.17, 15) is 0 Å². The first-order valence-electron chi connectivity index (χ1n) is 6.75. The summed E-state index contributed by atoms with van der Waals surface area (Å²) >= 11 is 6.19. The third kappa shape index (κ3) is 5.91. The minimum Gasteiger partial charge on any atom is -0.382 e. The number of benzene rings is 1. The van der Waals surface area contributed by atoms with E-state index in [1.165, 1.54) is 5.56 Å². The van der Waals surface area contributed by atoms with Crippen molar-refractivity contribution in [2.24, 2.45) is 0 Å². The van der Waals surface area contributed by atoms with E-state index in [2.05, 4.69) is 24.4 Å². The summed E-state index contributed by atoms with van der Waals surface area (Å²) in [5.41, 5.74) is 2.32. The van der Waals surface area contributed by atoms with Gasteiger partial charge in [0.25, 0.3) is 0 Å². The van der Waals surface area contributed by atoms with Gasteiger partial charge in [0.1, 0.15) is 0 Å². The lowest BCUT2D eigenvalue weighted by Crippen LogP contribution is -2.22. The topological polar surface area (TPSA) is 30.5 Å². The Hall–Kier alpha value is -0.610. The molecule has 0 spiro atoms. The van der Waals surface area contributed by atoms with Crippen LogP contribution in [0.3, 0.4) is 0 Å². The van der Waals surface area contributed by atoms with Crippen molar-refractivity contribution in [2.75, 3.05) is 33.5 Å². The molecule has 0 aromatic heterocycles. The van der Waals surface area contributed by atoms with E-state index in [-0.39, 0.29) is 6.04 Å². The fourth-order valence-electron chi connectivity index (χ4n) is 1.90. The molecule has 4 heteroatoms. The molecule has 1 aromatic rings. The maximum atomic E-state index is 6.19. The Morgan fingerprint density at radius 3 is 2.68 bits per heavy atom. The fourth-order valence-corrected chi connectivity index (χ4v) is 2.09. The van der Waals surface area contributed by atoms with Crippen LogP contribution in [0, 0.1) is 6.92 Å². The highest BCUT2D eigenvalue weighted by Crippen LogP contribution is 2.23. The SMILES string of the molecule is CCNC(CCOCCOC)c1ccc(C)c(Cl)c1. The summed E-state index contributed by atoms with van der Waals surface area (Å²) in [5.74, 6) is 0. The molecule has 0 saturated heterocycles. The number of nitrogens with one attached hydrogen (secondary N) is 1. The predicted molar refractivity (Wildman–Crippen MR) is 79.9 cm³/mol. The van der Waals surface area contributed by atoms with Gasteiger partial charge >= 0.3 is 0 Å². The molecule has 3 nitrogen and oxygen atoms in total. The third-order valence-electron chi connectivity index (χ3n) is 3.03. The predicted octanol–water partition coefficient (Wildman–Crippen LogP) is 3.35. The Bertz CT molecular complexity index is 371. The molecule has 0 amide bonds. The summed E-state index contributed by atoms with van der Waals surface area (Å²) in [7, 11) is 1.68. The largest absolute Gasteiger partial charge is 0.382 e. The number of ether oxygens (including phenoxy) is 2. The molecule has 108 valence electrons. The van der Waals surface area contributed by atoms with Crippen LogP contribution >= 0.6 is 11.6 Å². The van der Waals surface area contributed by atoms with Crippen molar-refractivity contribution in [3.63, 3.8) is 0 Å². The fraction of sp³-hybridized carbons (Fsp3) is 0.600. The lowest BCUT2D eigenvalue weighted by Gasteiger charge is -2.19. The van der Waals surface area contributed by atoms with Crippen molar-refractivity contribution >= 4 is 11.6 Å². The van der Waals surface area contributed by atoms with Gasteiger partial charge < -0.3 is 14.8 Å². The zero-order valence-corrected chi connectivity index (χ0v) is 12.8. The van der Waals surface area contributed by atoms with Crippen LogP contribution in [0.25, 0.3) is 0 Å². The van der Waals surface area contributed by atoms with Crippen LogP contribution in [-0.4, -0.2) is 33.5 Å². The van der Waals surface area contributed by atoms with Gasteiger partial charge in [0.2, 0.25) is 0 Å². The van der Waals surface area contributed by atoms with Crippen LogP contribution < -0.4 is 5.32 Å². The second-order valence-corrected chi connectivity index (χ2v) is 4.92. The van der Waals surface area contributed by atoms with Gasteiger partial charge in [0.15, 0.2) is 0 Å². The van der Waals surface area contributed by atoms with Crippen molar-refractivity contribution in [1.29, 1.82) is 0 Å². The summed E-state index contributed by atoms with van der Waals surface area (Å²) in [5, 5.41) is 4.29. The van der Waals surface area contributed by atoms with Crippen LogP contribution in [0.15, 0.2) is 18.2 Å². The Morgan fingerprint density at radius 1 is 1.26 bits per heavy atom. The lowest BCUT2D eigenvalue weighted by molar-refractivity contribution is 0.0658. The Labute approximate surface area is 121 Å². The Morgan fingerprint density at radius 2 is 2.05 bits per heavy atom. The van der Waals surface area contributed by atoms with Gasteiger partial charge in [-0.15, -0.1) is 0 Å². The van der Waals surface area contributed by atoms with E-state index in [0.717, 1.165) is 23.6 Å². The van der Waals surface area contributed by atoms with Crippen molar-refractivity contribution < 1.29 is 9.47 Å². The molecule has 0 saturated carbocycles. The molecule has 1 N–H and O–H groups in total. The molecule has 1 atom stereocenters. The van der Waals surface area contributed by atoms with Gasteiger partial charge in [-0.3, -0.25) is 0 Å². The minimum atomic E-state index is 0.283. The first kappa shape index (κ1) is 16.4. The van der Waals surface area contributed by atoms with E-state index in [1.54, 1.807) is 7.11 Å². The second-order valence-electron chi connectivity index (χ2n) is 4.51. The highest BCUT2D eigenvalue weighted by molar-refractivity contribution is 6.31. The van der Waals surface area contributed by atoms with Crippen molar-refractivity contribution in [1.82, 2.24) is 5.32 Å². The molecule has 19 heavy (non-hydrogen) atoms. The van der Waals surface area contributed by atoms with Gasteiger partial charge in [-0.05, 0) is 37.1 Å². The second kappa shape index (κ2) is 9.32. The normalized spacial score (nSPS) is 12.6. The Kier molecular flexibility index (Phi) is 8.07. The van der Waals surface area contributed by atoms with E-state index < -0.39 is 0 Å². The molecule has 0 bridgehead atoms. The monoisotopic (exact) mass is 285 g/mol. The van der Waals surface area contributed by atoms with E-state index in [0.29, 0.717) is 19.8 Å². The third-order valence-corrected chi connectivity index (χ3v) is 3.44. The first-order valence-corrected chi connectivity index (χ1v) is 7.13. The maximum Gasteiger partial charge on any atom is 0.0700 e. The first-order chi connectivity index (χ1) is 9.19. The van der Waals surface area contributed by atoms with E-state index in [4.69, 9.17) is 21.1 Å². The van der Waals surface area contributed by atoms with Crippen LogP contribution in [0.2, 0.25) is 5.02 Å². The highest BCUT2D eigenvalue weighted by Gasteiger charge is 2.11. The smallest absolute Gasteiger partial charge is 0.0700 e. The van der Waals surface area contributed by atoms with Crippen molar-refractivity contribution in [2.45, 2.75) is 26.3 Å². The summed E-state index contributed by atoms with van der Waals surface area (Å²) in [6.45, 7) is 7.05. The molecule has 1 aromatic carbocycles. The molecule has 0 aliphatic rings. The standard InChI is InChI=1S/C15H24ClNO2/c1-4-17-15(7-8-19-10-9-18-3)13-6-5-12(2)14(16)11-13/h5-6,11,15,17H,4,7-10H2,1-3H3. The zero-order valence-electron chi connectivity index (χ0n) is 12.0. The van der Waals surface area contributed by atoms with Crippen LogP contribution in [0.5, 0.6) is 0 Å². The Balaban J connectivity index is 2.53. The molecule has 0 radical (unpaired) electrons. The van der Waals surface area contributed by atoms with Crippen molar-refractivity contribution in [3.05, 3.63) is 34.3 Å². The quantitative estimate of drug-likeness (QED) is 0.706. The van der Waals surface area contributed by atoms with Gasteiger partial charge in [-0.2, -0.15) is 0 Å². The molecule has 0 aliphatic heterocycles. The van der Waals surface area contributed by atoms with Gasteiger partial charge in [-0.1, -0.05) is 30.7 Å². The van der Waals surface area contributed by atoms with Crippen molar-refractivity contribution in [3.8, 4) is 0 Å². The van der Waals surface area contributed by atoms with E-state index in [1.807, 2.05) is 13.0 Å². The van der Waals surface area contributed by atoms with Crippen LogP contribution in [-0.2, 0) is 9.47 Å². The molecule has 1 unspecified atom stereocenters. The highest BCUT2D eigenvalue weighted by atomic mass is 35.5. The molecule has 0 aliphatic carbocycles. The van der Waals surface area contributed by atoms with Crippen LogP contribution in [0.4, 0.5) is 0 Å². The number of hydrogen-bond acceptors (Lipinski definition) is 3. The number of hydrogen-bond donors (Lipinski definition) is 1. The van der Waals surface area contributed by atoms with Gasteiger partial charge in [0, 0.05) is 24.8 Å². The molecular weight excluding hydrogens is 262 g/mol. The molecule has 1 rings (SSSR count). The minimum absolute atomic E-state index is 0.283. The van der Waals surface area contributed by atoms with Gasteiger partial charge in [0.05, 0.1) is 13.2 Å². The number of halogens is 1. The van der Waals surface area contributed by atoms with E-state index >= 15 is 0 Å². The zero-order chi connectivity index (χ0) is 14.1. The maximum absolute atomic E-state index is 6.19. The van der Waals surface area contributed by atoms with Crippen LogP contribution in [0.1, 0.15) is 30.5 Å². The summed E-state index contributed by atoms with van der Waals surface area (Å²) < 4.78 is 10.5. The summed E-state index contributed by atoms with van der Waals surface area (Å²) in [6, 6.07) is 6.52. The lowest BCUT2D eigenvalue weighted by atomic mass is 10.0.